The lowest BCUT2D eigenvalue weighted by Gasteiger charge is -2.14. The largest absolute Gasteiger partial charge is 0.346 e. The molecule has 8 heteroatoms. The highest BCUT2D eigenvalue weighted by Gasteiger charge is 2.16. The number of alkyl halides is 2. The normalized spacial score (nSPS) is 12.4. The molecule has 0 saturated heterocycles. The Morgan fingerprint density at radius 2 is 1.80 bits per heavy atom. The molecule has 2 aromatic heterocycles. The fourth-order valence-electron chi connectivity index (χ4n) is 2.34. The van der Waals surface area contributed by atoms with E-state index in [9.17, 15) is 8.78 Å². The van der Waals surface area contributed by atoms with Gasteiger partial charge in [0.15, 0.2) is 0 Å². The Bertz CT molecular complexity index is 864. The summed E-state index contributed by atoms with van der Waals surface area (Å²) in [6, 6.07) is 10.2. The number of nitrogens with one attached hydrogen (secondary N) is 1. The minimum absolute atomic E-state index is 0.147. The lowest BCUT2D eigenvalue weighted by molar-refractivity contribution is 0.146. The third kappa shape index (κ3) is 4.19. The van der Waals surface area contributed by atoms with Crippen LogP contribution >= 0.6 is 15.9 Å². The van der Waals surface area contributed by atoms with E-state index >= 15 is 0 Å². The third-order valence-corrected chi connectivity index (χ3v) is 4.16. The molecule has 0 aliphatic carbocycles. The van der Waals surface area contributed by atoms with Gasteiger partial charge in [-0.1, -0.05) is 28.1 Å². The van der Waals surface area contributed by atoms with Gasteiger partial charge in [-0.2, -0.15) is 5.10 Å². The first kappa shape index (κ1) is 17.5. The Morgan fingerprint density at radius 3 is 2.40 bits per heavy atom. The minimum Gasteiger partial charge on any atom is -0.346 e. The highest BCUT2D eigenvalue weighted by Crippen LogP contribution is 2.26. The summed E-state index contributed by atoms with van der Waals surface area (Å²) in [7, 11) is 1.82. The number of benzene rings is 1. The topological polar surface area (TPSA) is 55.6 Å². The maximum atomic E-state index is 13.2. The molecule has 5 nitrogen and oxygen atoms in total. The SMILES string of the molecule is C[C@H](Nc1nc(-c2ccc(Br)cc2)cc(C(F)F)n1)c1ccn(C)n1. The number of aryl methyl sites for hydroxylation is 1. The number of anilines is 1. The second-order valence-electron chi connectivity index (χ2n) is 5.59. The van der Waals surface area contributed by atoms with Crippen molar-refractivity contribution < 1.29 is 8.78 Å². The van der Waals surface area contributed by atoms with Gasteiger partial charge >= 0.3 is 0 Å². The zero-order valence-electron chi connectivity index (χ0n) is 13.6. The van der Waals surface area contributed by atoms with Crippen LogP contribution in [0.25, 0.3) is 11.3 Å². The second kappa shape index (κ2) is 7.26. The smallest absolute Gasteiger partial charge is 0.280 e. The van der Waals surface area contributed by atoms with Gasteiger partial charge in [-0.25, -0.2) is 18.7 Å². The number of hydrogen-bond donors (Lipinski definition) is 1. The van der Waals surface area contributed by atoms with Gasteiger partial charge in [-0.3, -0.25) is 4.68 Å². The van der Waals surface area contributed by atoms with Gasteiger partial charge in [0, 0.05) is 23.3 Å². The van der Waals surface area contributed by atoms with Crippen LogP contribution in [0.2, 0.25) is 0 Å². The lowest BCUT2D eigenvalue weighted by Crippen LogP contribution is -2.12. The van der Waals surface area contributed by atoms with Crippen LogP contribution in [-0.4, -0.2) is 19.7 Å². The predicted molar refractivity (Wildman–Crippen MR) is 95.4 cm³/mol. The molecule has 1 atom stereocenters. The van der Waals surface area contributed by atoms with Crippen molar-refractivity contribution in [3.8, 4) is 11.3 Å². The molecule has 25 heavy (non-hydrogen) atoms. The first-order chi connectivity index (χ1) is 11.9. The summed E-state index contributed by atoms with van der Waals surface area (Å²) in [4.78, 5) is 8.31. The molecule has 3 rings (SSSR count). The van der Waals surface area contributed by atoms with Gasteiger partial charge in [0.2, 0.25) is 5.95 Å². The fraction of sp³-hybridized carbons (Fsp3) is 0.235. The van der Waals surface area contributed by atoms with E-state index in [-0.39, 0.29) is 17.7 Å². The molecule has 0 saturated carbocycles. The summed E-state index contributed by atoms with van der Waals surface area (Å²) < 4.78 is 29.0. The van der Waals surface area contributed by atoms with Crippen molar-refractivity contribution >= 4 is 21.9 Å². The predicted octanol–water partition coefficient (Wildman–Crippen LogP) is 4.75. The van der Waals surface area contributed by atoms with E-state index in [0.717, 1.165) is 15.7 Å². The molecule has 1 N–H and O–H groups in total. The summed E-state index contributed by atoms with van der Waals surface area (Å²) in [5, 5.41) is 7.35. The zero-order valence-corrected chi connectivity index (χ0v) is 15.2. The molecular formula is C17H16BrF2N5. The van der Waals surface area contributed by atoms with Crippen molar-refractivity contribution in [2.24, 2.45) is 7.05 Å². The number of halogens is 3. The van der Waals surface area contributed by atoms with E-state index in [1.165, 1.54) is 6.07 Å². The Hall–Kier alpha value is -2.35. The van der Waals surface area contributed by atoms with E-state index in [0.29, 0.717) is 5.69 Å². The van der Waals surface area contributed by atoms with Crippen LogP contribution in [0.3, 0.4) is 0 Å². The van der Waals surface area contributed by atoms with Crippen molar-refractivity contribution in [1.82, 2.24) is 19.7 Å². The van der Waals surface area contributed by atoms with Gasteiger partial charge in [-0.05, 0) is 31.2 Å². The van der Waals surface area contributed by atoms with Crippen LogP contribution < -0.4 is 5.32 Å². The molecule has 3 aromatic rings. The highest BCUT2D eigenvalue weighted by atomic mass is 79.9. The molecule has 0 radical (unpaired) electrons. The van der Waals surface area contributed by atoms with Gasteiger partial charge in [-0.15, -0.1) is 0 Å². The molecule has 0 unspecified atom stereocenters. The van der Waals surface area contributed by atoms with Crippen molar-refractivity contribution in [3.05, 3.63) is 58.5 Å². The number of nitrogens with zero attached hydrogens (tertiary/aromatic N) is 4. The Labute approximate surface area is 152 Å². The van der Waals surface area contributed by atoms with E-state index < -0.39 is 6.43 Å². The molecular weight excluding hydrogens is 392 g/mol. The average molecular weight is 408 g/mol. The summed E-state index contributed by atoms with van der Waals surface area (Å²) in [6.45, 7) is 1.88. The first-order valence-electron chi connectivity index (χ1n) is 7.61. The van der Waals surface area contributed by atoms with E-state index in [4.69, 9.17) is 0 Å². The lowest BCUT2D eigenvalue weighted by atomic mass is 10.1. The summed E-state index contributed by atoms with van der Waals surface area (Å²) >= 11 is 3.36. The maximum absolute atomic E-state index is 13.2. The van der Waals surface area contributed by atoms with Crippen LogP contribution in [0.5, 0.6) is 0 Å². The Kier molecular flexibility index (Phi) is 5.08. The molecule has 2 heterocycles. The molecule has 130 valence electrons. The summed E-state index contributed by atoms with van der Waals surface area (Å²) in [6.07, 6.45) is -0.861. The monoisotopic (exact) mass is 407 g/mol. The van der Waals surface area contributed by atoms with Crippen LogP contribution in [-0.2, 0) is 7.05 Å². The summed E-state index contributed by atoms with van der Waals surface area (Å²) in [5.41, 5.74) is 1.64. The van der Waals surface area contributed by atoms with Crippen molar-refractivity contribution in [2.75, 3.05) is 5.32 Å². The van der Waals surface area contributed by atoms with Crippen LogP contribution in [0.15, 0.2) is 47.1 Å². The minimum atomic E-state index is -2.68. The highest BCUT2D eigenvalue weighted by molar-refractivity contribution is 9.10. The van der Waals surface area contributed by atoms with Crippen LogP contribution in [0.1, 0.15) is 30.8 Å². The molecule has 0 spiro atoms. The van der Waals surface area contributed by atoms with Gasteiger partial charge in [0.25, 0.3) is 6.43 Å². The van der Waals surface area contributed by atoms with Crippen molar-refractivity contribution in [1.29, 1.82) is 0 Å². The molecule has 0 aliphatic heterocycles. The number of aromatic nitrogens is 4. The second-order valence-corrected chi connectivity index (χ2v) is 6.51. The molecule has 1 aromatic carbocycles. The zero-order chi connectivity index (χ0) is 18.0. The van der Waals surface area contributed by atoms with Crippen molar-refractivity contribution in [3.63, 3.8) is 0 Å². The fourth-order valence-corrected chi connectivity index (χ4v) is 2.61. The molecule has 0 aliphatic rings. The summed E-state index contributed by atoms with van der Waals surface area (Å²) in [5.74, 6) is 0.147. The average Bonchev–Trinajstić information content (AvgIpc) is 3.02. The molecule has 0 amide bonds. The maximum Gasteiger partial charge on any atom is 0.280 e. The van der Waals surface area contributed by atoms with Gasteiger partial charge < -0.3 is 5.32 Å². The van der Waals surface area contributed by atoms with Gasteiger partial charge in [0.05, 0.1) is 17.4 Å². The Morgan fingerprint density at radius 1 is 1.08 bits per heavy atom. The Balaban J connectivity index is 1.94. The van der Waals surface area contributed by atoms with Crippen LogP contribution in [0.4, 0.5) is 14.7 Å². The quantitative estimate of drug-likeness (QED) is 0.662. The molecule has 0 fully saturated rings. The number of rotatable bonds is 5. The standard InChI is InChI=1S/C17H16BrF2N5/c1-10(13-7-8-25(2)24-13)21-17-22-14(9-15(23-17)16(19)20)11-3-5-12(18)6-4-11/h3-10,16H,1-2H3,(H,21,22,23)/t10-/m0/s1. The van der Waals surface area contributed by atoms with E-state index in [1.54, 1.807) is 4.68 Å². The number of hydrogen-bond acceptors (Lipinski definition) is 4. The van der Waals surface area contributed by atoms with Crippen LogP contribution in [0, 0.1) is 0 Å². The molecule has 0 bridgehead atoms. The van der Waals surface area contributed by atoms with E-state index in [2.05, 4.69) is 36.3 Å². The first-order valence-corrected chi connectivity index (χ1v) is 8.41. The van der Waals surface area contributed by atoms with Crippen molar-refractivity contribution in [2.45, 2.75) is 19.4 Å². The van der Waals surface area contributed by atoms with Gasteiger partial charge in [0.1, 0.15) is 5.69 Å². The van der Waals surface area contributed by atoms with E-state index in [1.807, 2.05) is 50.5 Å². The third-order valence-electron chi connectivity index (χ3n) is 3.63.